The number of hydrogen-bond donors (Lipinski definition) is 2. The largest absolute Gasteiger partial charge is 0.414 e. The first kappa shape index (κ1) is 11.0. The molecular formula is C11H10F3NO. The van der Waals surface area contributed by atoms with Crippen LogP contribution in [0.3, 0.4) is 0 Å². The quantitative estimate of drug-likeness (QED) is 0.815. The fourth-order valence-electron chi connectivity index (χ4n) is 1.64. The van der Waals surface area contributed by atoms with Crippen LogP contribution < -0.4 is 0 Å². The molecule has 0 amide bonds. The van der Waals surface area contributed by atoms with E-state index >= 15 is 0 Å². The Morgan fingerprint density at radius 2 is 2.00 bits per heavy atom. The molecule has 16 heavy (non-hydrogen) atoms. The normalized spacial score (nSPS) is 14.2. The Hall–Kier alpha value is -1.49. The zero-order valence-electron chi connectivity index (χ0n) is 8.25. The van der Waals surface area contributed by atoms with Gasteiger partial charge >= 0.3 is 6.18 Å². The second-order valence-corrected chi connectivity index (χ2v) is 3.62. The molecule has 1 heterocycles. The molecule has 0 bridgehead atoms. The second kappa shape index (κ2) is 3.83. The lowest BCUT2D eigenvalue weighted by atomic mass is 10.1. The predicted molar refractivity (Wildman–Crippen MR) is 54.1 cm³/mol. The van der Waals surface area contributed by atoms with Gasteiger partial charge in [0.25, 0.3) is 0 Å². The fourth-order valence-corrected chi connectivity index (χ4v) is 1.64. The first-order chi connectivity index (χ1) is 7.48. The lowest BCUT2D eigenvalue weighted by Gasteiger charge is -2.14. The maximum absolute atomic E-state index is 12.2. The molecule has 2 rings (SSSR count). The number of benzene rings is 1. The van der Waals surface area contributed by atoms with Crippen LogP contribution in [0, 0.1) is 0 Å². The molecule has 0 aliphatic heterocycles. The molecule has 0 saturated carbocycles. The third-order valence-corrected chi connectivity index (χ3v) is 2.46. The van der Waals surface area contributed by atoms with Crippen LogP contribution in [-0.2, 0) is 6.42 Å². The van der Waals surface area contributed by atoms with Crippen LogP contribution in [0.5, 0.6) is 0 Å². The Balaban J connectivity index is 2.31. The van der Waals surface area contributed by atoms with Gasteiger partial charge in [0, 0.05) is 18.1 Å². The number of rotatable bonds is 2. The Labute approximate surface area is 89.7 Å². The van der Waals surface area contributed by atoms with Crippen molar-refractivity contribution in [2.75, 3.05) is 0 Å². The molecule has 2 aromatic rings. The molecule has 2 N–H and O–H groups in total. The number of hydrogen-bond acceptors (Lipinski definition) is 1. The smallest absolute Gasteiger partial charge is 0.383 e. The molecule has 1 atom stereocenters. The lowest BCUT2D eigenvalue weighted by molar-refractivity contribution is -0.202. The van der Waals surface area contributed by atoms with Crippen molar-refractivity contribution in [1.29, 1.82) is 0 Å². The molecule has 5 heteroatoms. The van der Waals surface area contributed by atoms with Crippen LogP contribution in [0.2, 0.25) is 0 Å². The number of nitrogens with one attached hydrogen (secondary N) is 1. The van der Waals surface area contributed by atoms with Gasteiger partial charge in [-0.05, 0) is 17.0 Å². The highest BCUT2D eigenvalue weighted by atomic mass is 19.4. The summed E-state index contributed by atoms with van der Waals surface area (Å²) in [6.45, 7) is 0. The first-order valence-corrected chi connectivity index (χ1v) is 4.78. The molecule has 0 spiro atoms. The molecule has 0 aliphatic carbocycles. The highest BCUT2D eigenvalue weighted by Crippen LogP contribution is 2.25. The summed E-state index contributed by atoms with van der Waals surface area (Å²) in [5, 5.41) is 9.84. The number of alkyl halides is 3. The van der Waals surface area contributed by atoms with E-state index in [1.165, 1.54) is 0 Å². The topological polar surface area (TPSA) is 36.0 Å². The van der Waals surface area contributed by atoms with Gasteiger partial charge in [-0.1, -0.05) is 18.2 Å². The number of H-pyrrole nitrogens is 1. The van der Waals surface area contributed by atoms with Gasteiger partial charge in [0.1, 0.15) is 0 Å². The van der Waals surface area contributed by atoms with Crippen molar-refractivity contribution in [2.24, 2.45) is 0 Å². The summed E-state index contributed by atoms with van der Waals surface area (Å²) in [6, 6.07) is 6.83. The van der Waals surface area contributed by atoms with Crippen molar-refractivity contribution in [3.63, 3.8) is 0 Å². The summed E-state index contributed by atoms with van der Waals surface area (Å²) in [6.07, 6.45) is -5.66. The van der Waals surface area contributed by atoms with E-state index in [-0.39, 0.29) is 0 Å². The van der Waals surface area contributed by atoms with Crippen molar-refractivity contribution in [2.45, 2.75) is 18.7 Å². The number of halogens is 3. The number of aliphatic hydroxyl groups excluding tert-OH is 1. The lowest BCUT2D eigenvalue weighted by Crippen LogP contribution is -2.30. The van der Waals surface area contributed by atoms with E-state index in [4.69, 9.17) is 5.11 Å². The fraction of sp³-hybridized carbons (Fsp3) is 0.273. The van der Waals surface area contributed by atoms with Gasteiger partial charge in [0.05, 0.1) is 0 Å². The summed E-state index contributed by atoms with van der Waals surface area (Å²) < 4.78 is 36.6. The molecule has 86 valence electrons. The second-order valence-electron chi connectivity index (χ2n) is 3.62. The molecule has 1 unspecified atom stereocenters. The highest BCUT2D eigenvalue weighted by Gasteiger charge is 2.38. The standard InChI is InChI=1S/C11H10F3NO/c12-11(13,14)9(16)6-8-3-1-2-7-4-5-15-10(7)8/h1-5,9,15-16H,6H2. The number of aromatic amines is 1. The van der Waals surface area contributed by atoms with Crippen LogP contribution in [0.1, 0.15) is 5.56 Å². The Kier molecular flexibility index (Phi) is 2.63. The van der Waals surface area contributed by atoms with Gasteiger partial charge in [-0.25, -0.2) is 0 Å². The third-order valence-electron chi connectivity index (χ3n) is 2.46. The zero-order valence-corrected chi connectivity index (χ0v) is 8.25. The van der Waals surface area contributed by atoms with E-state index in [9.17, 15) is 13.2 Å². The summed E-state index contributed by atoms with van der Waals surface area (Å²) in [5.74, 6) is 0. The van der Waals surface area contributed by atoms with Crippen molar-refractivity contribution < 1.29 is 18.3 Å². The Bertz CT molecular complexity index is 489. The van der Waals surface area contributed by atoms with Gasteiger partial charge in [0.2, 0.25) is 0 Å². The van der Waals surface area contributed by atoms with E-state index in [1.807, 2.05) is 0 Å². The maximum Gasteiger partial charge on any atom is 0.414 e. The van der Waals surface area contributed by atoms with E-state index < -0.39 is 18.7 Å². The average molecular weight is 229 g/mol. The molecule has 0 saturated heterocycles. The number of aromatic nitrogens is 1. The minimum absolute atomic E-state index is 0.429. The summed E-state index contributed by atoms with van der Waals surface area (Å²) in [5.41, 5.74) is 1.11. The van der Waals surface area contributed by atoms with E-state index in [1.54, 1.807) is 30.5 Å². The highest BCUT2D eigenvalue weighted by molar-refractivity contribution is 5.82. The van der Waals surface area contributed by atoms with E-state index in [0.29, 0.717) is 11.1 Å². The van der Waals surface area contributed by atoms with Gasteiger partial charge in [-0.15, -0.1) is 0 Å². The van der Waals surface area contributed by atoms with Crippen molar-refractivity contribution in [3.05, 3.63) is 36.0 Å². The Morgan fingerprint density at radius 1 is 1.25 bits per heavy atom. The number of aliphatic hydroxyl groups is 1. The Morgan fingerprint density at radius 3 is 2.69 bits per heavy atom. The molecule has 0 radical (unpaired) electrons. The van der Waals surface area contributed by atoms with Crippen LogP contribution in [0.4, 0.5) is 13.2 Å². The molecule has 0 fully saturated rings. The number of fused-ring (bicyclic) bond motifs is 1. The van der Waals surface area contributed by atoms with Crippen LogP contribution in [0.15, 0.2) is 30.5 Å². The monoisotopic (exact) mass is 229 g/mol. The summed E-state index contributed by atoms with van der Waals surface area (Å²) in [4.78, 5) is 2.87. The van der Waals surface area contributed by atoms with Crippen LogP contribution in [-0.4, -0.2) is 22.4 Å². The van der Waals surface area contributed by atoms with Gasteiger partial charge in [0.15, 0.2) is 6.10 Å². The molecule has 2 nitrogen and oxygen atoms in total. The van der Waals surface area contributed by atoms with E-state index in [2.05, 4.69) is 4.98 Å². The zero-order chi connectivity index (χ0) is 11.8. The average Bonchev–Trinajstić information content (AvgIpc) is 2.65. The summed E-state index contributed by atoms with van der Waals surface area (Å²) in [7, 11) is 0. The molecule has 1 aromatic heterocycles. The van der Waals surface area contributed by atoms with Crippen molar-refractivity contribution in [1.82, 2.24) is 4.98 Å². The van der Waals surface area contributed by atoms with Crippen LogP contribution >= 0.6 is 0 Å². The van der Waals surface area contributed by atoms with Gasteiger partial charge in [-0.3, -0.25) is 0 Å². The maximum atomic E-state index is 12.2. The van der Waals surface area contributed by atoms with E-state index in [0.717, 1.165) is 5.39 Å². The first-order valence-electron chi connectivity index (χ1n) is 4.78. The molecule has 0 aliphatic rings. The SMILES string of the molecule is OC(Cc1cccc2cc[nH]c12)C(F)(F)F. The molecular weight excluding hydrogens is 219 g/mol. The predicted octanol–water partition coefficient (Wildman–Crippen LogP) is 2.63. The van der Waals surface area contributed by atoms with Crippen molar-refractivity contribution >= 4 is 10.9 Å². The minimum Gasteiger partial charge on any atom is -0.383 e. The van der Waals surface area contributed by atoms with Gasteiger partial charge in [-0.2, -0.15) is 13.2 Å². The van der Waals surface area contributed by atoms with Gasteiger partial charge < -0.3 is 10.1 Å². The van der Waals surface area contributed by atoms with Crippen molar-refractivity contribution in [3.8, 4) is 0 Å². The van der Waals surface area contributed by atoms with Crippen LogP contribution in [0.25, 0.3) is 10.9 Å². The minimum atomic E-state index is -4.57. The summed E-state index contributed by atoms with van der Waals surface area (Å²) >= 11 is 0. The number of para-hydroxylation sites is 1. The third kappa shape index (κ3) is 2.04. The molecule has 1 aromatic carbocycles.